The molecule has 1 unspecified atom stereocenters. The lowest BCUT2D eigenvalue weighted by Gasteiger charge is -2.04. The SMILES string of the molecule is NC(C(=O)O)c1ncn2c1CCC2. The molecular weight excluding hydrogens is 170 g/mol. The van der Waals surface area contributed by atoms with Crippen molar-refractivity contribution in [2.24, 2.45) is 5.73 Å². The molecule has 70 valence electrons. The summed E-state index contributed by atoms with van der Waals surface area (Å²) in [6, 6.07) is -0.977. The minimum Gasteiger partial charge on any atom is -0.480 e. The van der Waals surface area contributed by atoms with E-state index in [2.05, 4.69) is 4.98 Å². The van der Waals surface area contributed by atoms with Crippen LogP contribution >= 0.6 is 0 Å². The zero-order valence-corrected chi connectivity index (χ0v) is 7.10. The smallest absolute Gasteiger partial charge is 0.326 e. The molecule has 0 saturated heterocycles. The number of nitrogens with two attached hydrogens (primary N) is 1. The number of aromatic nitrogens is 2. The Morgan fingerprint density at radius 1 is 1.77 bits per heavy atom. The van der Waals surface area contributed by atoms with E-state index in [9.17, 15) is 4.79 Å². The quantitative estimate of drug-likeness (QED) is 0.668. The molecule has 2 rings (SSSR count). The molecule has 1 atom stereocenters. The topological polar surface area (TPSA) is 81.1 Å². The third kappa shape index (κ3) is 1.21. The second-order valence-corrected chi connectivity index (χ2v) is 3.19. The summed E-state index contributed by atoms with van der Waals surface area (Å²) >= 11 is 0. The highest BCUT2D eigenvalue weighted by atomic mass is 16.4. The van der Waals surface area contributed by atoms with Gasteiger partial charge in [0, 0.05) is 12.2 Å². The van der Waals surface area contributed by atoms with Crippen LogP contribution in [0.15, 0.2) is 6.33 Å². The number of carboxylic acid groups (broad SMARTS) is 1. The molecule has 0 radical (unpaired) electrons. The summed E-state index contributed by atoms with van der Waals surface area (Å²) in [5.41, 5.74) is 6.98. The summed E-state index contributed by atoms with van der Waals surface area (Å²) in [6.07, 6.45) is 3.61. The number of imidazole rings is 1. The number of carboxylic acids is 1. The standard InChI is InChI=1S/C8H11N3O2/c9-6(8(12)13)7-5-2-1-3-11(5)4-10-7/h4,6H,1-3,9H2,(H,12,13). The van der Waals surface area contributed by atoms with E-state index >= 15 is 0 Å². The lowest BCUT2D eigenvalue weighted by atomic mass is 10.1. The van der Waals surface area contributed by atoms with Gasteiger partial charge in [0.1, 0.15) is 6.04 Å². The average Bonchev–Trinajstić information content (AvgIpc) is 2.61. The van der Waals surface area contributed by atoms with Crippen LogP contribution in [0.5, 0.6) is 0 Å². The first-order valence-corrected chi connectivity index (χ1v) is 4.22. The maximum Gasteiger partial charge on any atom is 0.326 e. The monoisotopic (exact) mass is 181 g/mol. The molecule has 5 heteroatoms. The van der Waals surface area contributed by atoms with Crippen LogP contribution in [0.1, 0.15) is 23.9 Å². The van der Waals surface area contributed by atoms with Crippen molar-refractivity contribution in [2.45, 2.75) is 25.4 Å². The Hall–Kier alpha value is -1.36. The third-order valence-electron chi connectivity index (χ3n) is 2.35. The predicted molar refractivity (Wildman–Crippen MR) is 45.1 cm³/mol. The first-order valence-electron chi connectivity index (χ1n) is 4.22. The Bertz CT molecular complexity index is 345. The van der Waals surface area contributed by atoms with Gasteiger partial charge in [-0.1, -0.05) is 0 Å². The first kappa shape index (κ1) is 8.25. The van der Waals surface area contributed by atoms with Crippen LogP contribution in [0.2, 0.25) is 0 Å². The summed E-state index contributed by atoms with van der Waals surface area (Å²) in [7, 11) is 0. The summed E-state index contributed by atoms with van der Waals surface area (Å²) in [5, 5.41) is 8.71. The molecule has 0 spiro atoms. The molecule has 1 aliphatic heterocycles. The van der Waals surface area contributed by atoms with Gasteiger partial charge in [-0.05, 0) is 12.8 Å². The molecular formula is C8H11N3O2. The second-order valence-electron chi connectivity index (χ2n) is 3.19. The van der Waals surface area contributed by atoms with E-state index in [4.69, 9.17) is 10.8 Å². The van der Waals surface area contributed by atoms with Gasteiger partial charge in [0.05, 0.1) is 12.0 Å². The molecule has 0 saturated carbocycles. The van der Waals surface area contributed by atoms with Crippen molar-refractivity contribution in [3.8, 4) is 0 Å². The Kier molecular flexibility index (Phi) is 1.81. The van der Waals surface area contributed by atoms with E-state index in [0.29, 0.717) is 5.69 Å². The minimum atomic E-state index is -1.02. The number of carbonyl (C=O) groups is 1. The van der Waals surface area contributed by atoms with Crippen LogP contribution in [0.4, 0.5) is 0 Å². The molecule has 2 heterocycles. The highest BCUT2D eigenvalue weighted by Gasteiger charge is 2.24. The van der Waals surface area contributed by atoms with Crippen LogP contribution in [0.3, 0.4) is 0 Å². The van der Waals surface area contributed by atoms with E-state index < -0.39 is 12.0 Å². The van der Waals surface area contributed by atoms with Crippen molar-refractivity contribution in [1.82, 2.24) is 9.55 Å². The number of aliphatic carboxylic acids is 1. The first-order chi connectivity index (χ1) is 6.20. The Balaban J connectivity index is 2.36. The molecule has 0 amide bonds. The van der Waals surface area contributed by atoms with Crippen LogP contribution in [-0.2, 0) is 17.8 Å². The largest absolute Gasteiger partial charge is 0.480 e. The molecule has 5 nitrogen and oxygen atoms in total. The molecule has 1 aromatic heterocycles. The molecule has 0 aromatic carbocycles. The van der Waals surface area contributed by atoms with Gasteiger partial charge in [0.2, 0.25) is 0 Å². The number of fused-ring (bicyclic) bond motifs is 1. The normalized spacial score (nSPS) is 17.0. The Morgan fingerprint density at radius 3 is 3.23 bits per heavy atom. The van der Waals surface area contributed by atoms with Gasteiger partial charge in [-0.3, -0.25) is 4.79 Å². The van der Waals surface area contributed by atoms with Gasteiger partial charge in [0.15, 0.2) is 0 Å². The molecule has 1 aromatic rings. The van der Waals surface area contributed by atoms with Crippen molar-refractivity contribution >= 4 is 5.97 Å². The molecule has 0 bridgehead atoms. The van der Waals surface area contributed by atoms with Crippen LogP contribution in [-0.4, -0.2) is 20.6 Å². The summed E-state index contributed by atoms with van der Waals surface area (Å²) < 4.78 is 1.97. The Labute approximate surface area is 75.2 Å². The van der Waals surface area contributed by atoms with Gasteiger partial charge in [0.25, 0.3) is 0 Å². The van der Waals surface area contributed by atoms with Crippen molar-refractivity contribution in [2.75, 3.05) is 0 Å². The fourth-order valence-electron chi connectivity index (χ4n) is 1.68. The second kappa shape index (κ2) is 2.85. The number of nitrogens with zero attached hydrogens (tertiary/aromatic N) is 2. The number of aryl methyl sites for hydroxylation is 1. The van der Waals surface area contributed by atoms with Crippen molar-refractivity contribution in [3.63, 3.8) is 0 Å². The maximum atomic E-state index is 10.6. The van der Waals surface area contributed by atoms with Gasteiger partial charge in [-0.25, -0.2) is 4.98 Å². The predicted octanol–water partition coefficient (Wildman–Crippen LogP) is -0.0863. The summed E-state index contributed by atoms with van der Waals surface area (Å²) in [4.78, 5) is 14.6. The number of hydrogen-bond donors (Lipinski definition) is 2. The van der Waals surface area contributed by atoms with Gasteiger partial charge in [-0.15, -0.1) is 0 Å². The van der Waals surface area contributed by atoms with Crippen molar-refractivity contribution < 1.29 is 9.90 Å². The summed E-state index contributed by atoms with van der Waals surface area (Å²) in [5.74, 6) is -1.02. The fourth-order valence-corrected chi connectivity index (χ4v) is 1.68. The zero-order valence-electron chi connectivity index (χ0n) is 7.10. The van der Waals surface area contributed by atoms with Crippen molar-refractivity contribution in [3.05, 3.63) is 17.7 Å². The highest BCUT2D eigenvalue weighted by molar-refractivity contribution is 5.74. The maximum absolute atomic E-state index is 10.6. The third-order valence-corrected chi connectivity index (χ3v) is 2.35. The lowest BCUT2D eigenvalue weighted by molar-refractivity contribution is -0.138. The highest BCUT2D eigenvalue weighted by Crippen LogP contribution is 2.21. The number of rotatable bonds is 2. The molecule has 0 fully saturated rings. The van der Waals surface area contributed by atoms with Crippen LogP contribution in [0, 0.1) is 0 Å². The van der Waals surface area contributed by atoms with E-state index in [1.165, 1.54) is 0 Å². The minimum absolute atomic E-state index is 0.519. The average molecular weight is 181 g/mol. The zero-order chi connectivity index (χ0) is 9.42. The Morgan fingerprint density at radius 2 is 2.54 bits per heavy atom. The fraction of sp³-hybridized carbons (Fsp3) is 0.500. The molecule has 0 aliphatic carbocycles. The summed E-state index contributed by atoms with van der Waals surface area (Å²) in [6.45, 7) is 0.925. The van der Waals surface area contributed by atoms with Crippen LogP contribution in [0.25, 0.3) is 0 Å². The lowest BCUT2D eigenvalue weighted by Crippen LogP contribution is -2.22. The number of hydrogen-bond acceptors (Lipinski definition) is 3. The van der Waals surface area contributed by atoms with E-state index in [1.807, 2.05) is 4.57 Å². The van der Waals surface area contributed by atoms with Gasteiger partial charge < -0.3 is 15.4 Å². The molecule has 3 N–H and O–H groups in total. The van der Waals surface area contributed by atoms with Crippen LogP contribution < -0.4 is 5.73 Å². The van der Waals surface area contributed by atoms with Gasteiger partial charge >= 0.3 is 5.97 Å². The van der Waals surface area contributed by atoms with E-state index in [0.717, 1.165) is 25.1 Å². The van der Waals surface area contributed by atoms with E-state index in [-0.39, 0.29) is 0 Å². The molecule has 13 heavy (non-hydrogen) atoms. The van der Waals surface area contributed by atoms with Crippen molar-refractivity contribution in [1.29, 1.82) is 0 Å². The van der Waals surface area contributed by atoms with E-state index in [1.54, 1.807) is 6.33 Å². The van der Waals surface area contributed by atoms with Gasteiger partial charge in [-0.2, -0.15) is 0 Å². The molecule has 1 aliphatic rings.